The van der Waals surface area contributed by atoms with E-state index in [2.05, 4.69) is 12.2 Å². The lowest BCUT2D eigenvalue weighted by Crippen LogP contribution is -2.37. The third kappa shape index (κ3) is 4.25. The van der Waals surface area contributed by atoms with Gasteiger partial charge in [0, 0.05) is 24.2 Å². The smallest absolute Gasteiger partial charge is 0.265 e. The van der Waals surface area contributed by atoms with Crippen molar-refractivity contribution in [3.63, 3.8) is 0 Å². The number of nitrogens with zero attached hydrogens (tertiary/aromatic N) is 1. The monoisotopic (exact) mass is 406 g/mol. The molecule has 0 radical (unpaired) electrons. The average molecular weight is 407 g/mol. The Balaban J connectivity index is 1.78. The molecule has 7 heteroatoms. The minimum Gasteiger partial charge on any atom is -0.321 e. The molecule has 1 aromatic heterocycles. The maximum absolute atomic E-state index is 12.8. The van der Waals surface area contributed by atoms with Gasteiger partial charge in [0.2, 0.25) is 10.0 Å². The van der Waals surface area contributed by atoms with Crippen LogP contribution < -0.4 is 5.32 Å². The lowest BCUT2D eigenvalue weighted by Gasteiger charge is -2.29. The minimum atomic E-state index is -3.53. The lowest BCUT2D eigenvalue weighted by molar-refractivity contribution is 0.103. The third-order valence-electron chi connectivity index (χ3n) is 5.10. The minimum absolute atomic E-state index is 0.213. The van der Waals surface area contributed by atoms with Gasteiger partial charge >= 0.3 is 0 Å². The predicted molar refractivity (Wildman–Crippen MR) is 110 cm³/mol. The summed E-state index contributed by atoms with van der Waals surface area (Å²) >= 11 is 1.17. The van der Waals surface area contributed by atoms with Crippen molar-refractivity contribution in [2.24, 2.45) is 5.92 Å². The molecule has 2 heterocycles. The van der Waals surface area contributed by atoms with E-state index in [0.29, 0.717) is 23.9 Å². The van der Waals surface area contributed by atoms with E-state index in [4.69, 9.17) is 0 Å². The molecule has 2 aromatic rings. The fraction of sp³-hybridized carbons (Fsp3) is 0.450. The number of sulfonamides is 1. The number of carbonyl (C=O) groups is 1. The third-order valence-corrected chi connectivity index (χ3v) is 8.05. The lowest BCUT2D eigenvalue weighted by atomic mass is 10.0. The van der Waals surface area contributed by atoms with Gasteiger partial charge in [0.25, 0.3) is 5.91 Å². The molecule has 1 amide bonds. The first-order valence-corrected chi connectivity index (χ1v) is 11.5. The second-order valence-corrected chi connectivity index (χ2v) is 10.3. The molecular formula is C20H26N2O3S2. The molecule has 146 valence electrons. The van der Waals surface area contributed by atoms with Gasteiger partial charge in [-0.25, -0.2) is 8.42 Å². The number of benzene rings is 1. The van der Waals surface area contributed by atoms with E-state index in [9.17, 15) is 13.2 Å². The van der Waals surface area contributed by atoms with E-state index in [1.54, 1.807) is 5.38 Å². The first-order valence-electron chi connectivity index (χ1n) is 9.16. The van der Waals surface area contributed by atoms with E-state index in [0.717, 1.165) is 35.2 Å². The van der Waals surface area contributed by atoms with Crippen molar-refractivity contribution in [3.8, 4) is 0 Å². The number of carbonyl (C=O) groups excluding carboxylic acids is 1. The summed E-state index contributed by atoms with van der Waals surface area (Å²) in [5.74, 6) is 0.282. The van der Waals surface area contributed by atoms with Crippen LogP contribution in [0.3, 0.4) is 0 Å². The van der Waals surface area contributed by atoms with Gasteiger partial charge in [-0.1, -0.05) is 24.6 Å². The van der Waals surface area contributed by atoms with E-state index >= 15 is 0 Å². The summed E-state index contributed by atoms with van der Waals surface area (Å²) in [6, 6.07) is 5.53. The Morgan fingerprint density at radius 2 is 1.70 bits per heavy atom. The van der Waals surface area contributed by atoms with Crippen molar-refractivity contribution in [1.82, 2.24) is 4.31 Å². The van der Waals surface area contributed by atoms with Gasteiger partial charge in [0.15, 0.2) is 0 Å². The predicted octanol–water partition coefficient (Wildman–Crippen LogP) is 4.35. The highest BCUT2D eigenvalue weighted by Gasteiger charge is 2.29. The summed E-state index contributed by atoms with van der Waals surface area (Å²) in [7, 11) is -3.53. The topological polar surface area (TPSA) is 66.5 Å². The van der Waals surface area contributed by atoms with Crippen LogP contribution in [0.5, 0.6) is 0 Å². The van der Waals surface area contributed by atoms with Crippen molar-refractivity contribution in [2.45, 2.75) is 45.4 Å². The van der Waals surface area contributed by atoms with Crippen LogP contribution in [0.25, 0.3) is 0 Å². The number of amides is 1. The van der Waals surface area contributed by atoms with Crippen molar-refractivity contribution in [1.29, 1.82) is 0 Å². The molecule has 1 N–H and O–H groups in total. The largest absolute Gasteiger partial charge is 0.321 e. The van der Waals surface area contributed by atoms with E-state index in [1.807, 2.05) is 32.9 Å². The SMILES string of the molecule is Cc1cc(C)c(NC(=O)c2cc(S(=O)(=O)N3CCC(C)CC3)cs2)c(C)c1. The van der Waals surface area contributed by atoms with Crippen molar-refractivity contribution < 1.29 is 13.2 Å². The van der Waals surface area contributed by atoms with Gasteiger partial charge in [-0.15, -0.1) is 11.3 Å². The number of hydrogen-bond acceptors (Lipinski definition) is 4. The van der Waals surface area contributed by atoms with Crippen LogP contribution in [0.15, 0.2) is 28.5 Å². The van der Waals surface area contributed by atoms with E-state index in [-0.39, 0.29) is 10.8 Å². The average Bonchev–Trinajstić information content (AvgIpc) is 3.09. The van der Waals surface area contributed by atoms with E-state index < -0.39 is 10.0 Å². The summed E-state index contributed by atoms with van der Waals surface area (Å²) in [5.41, 5.74) is 3.91. The molecule has 0 unspecified atom stereocenters. The number of rotatable bonds is 4. The second-order valence-electron chi connectivity index (χ2n) is 7.46. The van der Waals surface area contributed by atoms with Crippen LogP contribution in [0.4, 0.5) is 5.69 Å². The Labute approximate surface area is 165 Å². The first-order chi connectivity index (χ1) is 12.7. The molecule has 0 bridgehead atoms. The highest BCUT2D eigenvalue weighted by atomic mass is 32.2. The van der Waals surface area contributed by atoms with Gasteiger partial charge in [0.05, 0.1) is 9.77 Å². The van der Waals surface area contributed by atoms with Crippen LogP contribution >= 0.6 is 11.3 Å². The number of nitrogens with one attached hydrogen (secondary N) is 1. The molecule has 1 aliphatic heterocycles. The summed E-state index contributed by atoms with van der Waals surface area (Å²) < 4.78 is 27.2. The summed E-state index contributed by atoms with van der Waals surface area (Å²) in [6.45, 7) is 9.16. The molecule has 0 saturated carbocycles. The van der Waals surface area contributed by atoms with Gasteiger partial charge in [-0.2, -0.15) is 4.31 Å². The standard InChI is InChI=1S/C20H26N2O3S2/c1-13-5-7-22(8-6-13)27(24,25)17-11-18(26-12-17)20(23)21-19-15(3)9-14(2)10-16(19)4/h9-13H,5-8H2,1-4H3,(H,21,23). The van der Waals surface area contributed by atoms with Crippen LogP contribution in [-0.4, -0.2) is 31.7 Å². The molecule has 0 aliphatic carbocycles. The molecule has 27 heavy (non-hydrogen) atoms. The maximum atomic E-state index is 12.8. The number of aryl methyl sites for hydroxylation is 3. The fourth-order valence-electron chi connectivity index (χ4n) is 3.50. The quantitative estimate of drug-likeness (QED) is 0.821. The van der Waals surface area contributed by atoms with Gasteiger partial charge in [-0.05, 0) is 56.7 Å². The van der Waals surface area contributed by atoms with Crippen LogP contribution in [-0.2, 0) is 10.0 Å². The zero-order valence-electron chi connectivity index (χ0n) is 16.2. The van der Waals surface area contributed by atoms with Crippen molar-refractivity contribution in [3.05, 3.63) is 45.1 Å². The van der Waals surface area contributed by atoms with Crippen molar-refractivity contribution in [2.75, 3.05) is 18.4 Å². The normalized spacial score (nSPS) is 16.4. The summed E-state index contributed by atoms with van der Waals surface area (Å²) in [5, 5.41) is 4.50. The van der Waals surface area contributed by atoms with Gasteiger partial charge in [-0.3, -0.25) is 4.79 Å². The molecule has 1 fully saturated rings. The molecular weight excluding hydrogens is 380 g/mol. The Hall–Kier alpha value is -1.70. The van der Waals surface area contributed by atoms with Gasteiger partial charge in [0.1, 0.15) is 0 Å². The van der Waals surface area contributed by atoms with Crippen LogP contribution in [0, 0.1) is 26.7 Å². The first kappa shape index (κ1) is 20.0. The number of piperidine rings is 1. The zero-order chi connectivity index (χ0) is 19.8. The Bertz CT molecular complexity index is 932. The molecule has 0 spiro atoms. The summed E-state index contributed by atoms with van der Waals surface area (Å²) in [4.78, 5) is 13.3. The Morgan fingerprint density at radius 1 is 1.11 bits per heavy atom. The molecule has 1 saturated heterocycles. The molecule has 3 rings (SSSR count). The van der Waals surface area contributed by atoms with Crippen molar-refractivity contribution >= 4 is 33.0 Å². The summed E-state index contributed by atoms with van der Waals surface area (Å²) in [6.07, 6.45) is 1.76. The Kier molecular flexibility index (Phi) is 5.74. The number of anilines is 1. The molecule has 5 nitrogen and oxygen atoms in total. The van der Waals surface area contributed by atoms with Crippen LogP contribution in [0.1, 0.15) is 46.1 Å². The van der Waals surface area contributed by atoms with Gasteiger partial charge < -0.3 is 5.32 Å². The second kappa shape index (κ2) is 7.73. The highest BCUT2D eigenvalue weighted by Crippen LogP contribution is 2.28. The Morgan fingerprint density at radius 3 is 2.30 bits per heavy atom. The van der Waals surface area contributed by atoms with Crippen LogP contribution in [0.2, 0.25) is 0 Å². The number of hydrogen-bond donors (Lipinski definition) is 1. The maximum Gasteiger partial charge on any atom is 0.265 e. The highest BCUT2D eigenvalue weighted by molar-refractivity contribution is 7.89. The molecule has 1 aromatic carbocycles. The van der Waals surface area contributed by atoms with E-state index in [1.165, 1.54) is 21.7 Å². The fourth-order valence-corrected chi connectivity index (χ4v) is 6.13. The zero-order valence-corrected chi connectivity index (χ0v) is 17.8. The molecule has 1 aliphatic rings. The molecule has 0 atom stereocenters. The number of thiophene rings is 1.